The van der Waals surface area contributed by atoms with Crippen molar-refractivity contribution in [1.29, 1.82) is 0 Å². The lowest BCUT2D eigenvalue weighted by Gasteiger charge is -2.21. The summed E-state index contributed by atoms with van der Waals surface area (Å²) in [6.45, 7) is 3.57. The maximum absolute atomic E-state index is 5.09. The zero-order chi connectivity index (χ0) is 13.2. The van der Waals surface area contributed by atoms with Crippen LogP contribution < -0.4 is 10.2 Å². The van der Waals surface area contributed by atoms with Crippen molar-refractivity contribution in [2.45, 2.75) is 6.54 Å². The monoisotopic (exact) mass is 254 g/mol. The molecule has 6 nitrogen and oxygen atoms in total. The molecule has 1 rings (SSSR count). The lowest BCUT2D eigenvalue weighted by atomic mass is 10.3. The fraction of sp³-hybridized carbons (Fsp3) is 0.667. The molecule has 0 unspecified atom stereocenters. The molecule has 0 aliphatic carbocycles. The zero-order valence-electron chi connectivity index (χ0n) is 11.3. The molecule has 1 aromatic heterocycles. The number of hydrogen-bond donors (Lipinski definition) is 1. The highest BCUT2D eigenvalue weighted by molar-refractivity contribution is 5.29. The molecule has 0 saturated carbocycles. The van der Waals surface area contributed by atoms with Crippen molar-refractivity contribution < 1.29 is 9.47 Å². The number of nitrogens with zero attached hydrogens (tertiary/aromatic N) is 3. The van der Waals surface area contributed by atoms with Gasteiger partial charge in [-0.1, -0.05) is 0 Å². The summed E-state index contributed by atoms with van der Waals surface area (Å²) in [7, 11) is 5.27. The number of anilines is 1. The van der Waals surface area contributed by atoms with Gasteiger partial charge < -0.3 is 19.7 Å². The van der Waals surface area contributed by atoms with E-state index in [-0.39, 0.29) is 0 Å². The average molecular weight is 254 g/mol. The number of hydrogen-bond acceptors (Lipinski definition) is 6. The lowest BCUT2D eigenvalue weighted by molar-refractivity contribution is 0.189. The molecule has 0 fully saturated rings. The van der Waals surface area contributed by atoms with Crippen molar-refractivity contribution in [1.82, 2.24) is 15.3 Å². The van der Waals surface area contributed by atoms with Gasteiger partial charge in [-0.25, -0.2) is 9.97 Å². The second-order valence-electron chi connectivity index (χ2n) is 3.89. The van der Waals surface area contributed by atoms with Gasteiger partial charge in [-0.15, -0.1) is 0 Å². The SMILES string of the molecule is CNCc1cnc(N(CCOC)CCOC)nc1. The van der Waals surface area contributed by atoms with Crippen LogP contribution in [0.25, 0.3) is 0 Å². The van der Waals surface area contributed by atoms with Crippen LogP contribution in [-0.4, -0.2) is 57.5 Å². The van der Waals surface area contributed by atoms with Gasteiger partial charge in [0.05, 0.1) is 13.2 Å². The van der Waals surface area contributed by atoms with E-state index >= 15 is 0 Å². The summed E-state index contributed by atoms with van der Waals surface area (Å²) >= 11 is 0. The normalized spacial score (nSPS) is 10.6. The highest BCUT2D eigenvalue weighted by Gasteiger charge is 2.08. The van der Waals surface area contributed by atoms with E-state index in [1.807, 2.05) is 19.4 Å². The molecule has 0 saturated heterocycles. The zero-order valence-corrected chi connectivity index (χ0v) is 11.3. The summed E-state index contributed by atoms with van der Waals surface area (Å²) < 4.78 is 10.2. The minimum absolute atomic E-state index is 0.644. The Labute approximate surface area is 108 Å². The predicted octanol–water partition coefficient (Wildman–Crippen LogP) is 0.295. The number of rotatable bonds is 9. The quantitative estimate of drug-likeness (QED) is 0.684. The smallest absolute Gasteiger partial charge is 0.225 e. The minimum Gasteiger partial charge on any atom is -0.383 e. The molecule has 0 spiro atoms. The molecular weight excluding hydrogens is 232 g/mol. The van der Waals surface area contributed by atoms with Gasteiger partial charge in [0.2, 0.25) is 5.95 Å². The van der Waals surface area contributed by atoms with Crippen molar-refractivity contribution in [3.05, 3.63) is 18.0 Å². The van der Waals surface area contributed by atoms with Gasteiger partial charge >= 0.3 is 0 Å². The van der Waals surface area contributed by atoms with Crippen LogP contribution in [-0.2, 0) is 16.0 Å². The van der Waals surface area contributed by atoms with E-state index in [1.165, 1.54) is 0 Å². The minimum atomic E-state index is 0.644. The number of methoxy groups -OCH3 is 2. The summed E-state index contributed by atoms with van der Waals surface area (Å²) in [5.74, 6) is 0.712. The number of aromatic nitrogens is 2. The Balaban J connectivity index is 2.64. The summed E-state index contributed by atoms with van der Waals surface area (Å²) in [6.07, 6.45) is 3.68. The third kappa shape index (κ3) is 4.95. The van der Waals surface area contributed by atoms with Gasteiger partial charge in [0.15, 0.2) is 0 Å². The van der Waals surface area contributed by atoms with Crippen molar-refractivity contribution in [2.24, 2.45) is 0 Å². The average Bonchev–Trinajstić information content (AvgIpc) is 2.41. The van der Waals surface area contributed by atoms with E-state index in [0.29, 0.717) is 19.2 Å². The first kappa shape index (κ1) is 14.8. The summed E-state index contributed by atoms with van der Waals surface area (Å²) in [5, 5.41) is 3.07. The molecule has 0 radical (unpaired) electrons. The summed E-state index contributed by atoms with van der Waals surface area (Å²) in [5.41, 5.74) is 1.07. The second-order valence-corrected chi connectivity index (χ2v) is 3.89. The fourth-order valence-electron chi connectivity index (χ4n) is 1.52. The Bertz CT molecular complexity index is 310. The van der Waals surface area contributed by atoms with E-state index in [9.17, 15) is 0 Å². The van der Waals surface area contributed by atoms with Crippen molar-refractivity contribution >= 4 is 5.95 Å². The summed E-state index contributed by atoms with van der Waals surface area (Å²) in [6, 6.07) is 0. The van der Waals surface area contributed by atoms with E-state index < -0.39 is 0 Å². The van der Waals surface area contributed by atoms with Gasteiger partial charge in [-0.3, -0.25) is 0 Å². The van der Waals surface area contributed by atoms with Crippen LogP contribution in [0.1, 0.15) is 5.56 Å². The van der Waals surface area contributed by atoms with Gasteiger partial charge in [0.1, 0.15) is 0 Å². The molecule has 102 valence electrons. The molecule has 1 N–H and O–H groups in total. The van der Waals surface area contributed by atoms with Gasteiger partial charge in [-0.2, -0.15) is 0 Å². The molecule has 0 aromatic carbocycles. The molecule has 0 bridgehead atoms. The lowest BCUT2D eigenvalue weighted by Crippen LogP contribution is -2.32. The first-order chi connectivity index (χ1) is 8.81. The molecule has 18 heavy (non-hydrogen) atoms. The predicted molar refractivity (Wildman–Crippen MR) is 70.8 cm³/mol. The van der Waals surface area contributed by atoms with Crippen LogP contribution >= 0.6 is 0 Å². The van der Waals surface area contributed by atoms with Crippen LogP contribution in [0.2, 0.25) is 0 Å². The molecule has 0 aliphatic rings. The Morgan fingerprint density at radius 3 is 2.11 bits per heavy atom. The van der Waals surface area contributed by atoms with Crippen molar-refractivity contribution in [3.8, 4) is 0 Å². The molecule has 0 aliphatic heterocycles. The van der Waals surface area contributed by atoms with Crippen LogP contribution in [0.4, 0.5) is 5.95 Å². The van der Waals surface area contributed by atoms with E-state index in [4.69, 9.17) is 9.47 Å². The topological polar surface area (TPSA) is 59.5 Å². The van der Waals surface area contributed by atoms with Crippen LogP contribution in [0.15, 0.2) is 12.4 Å². The third-order valence-corrected chi connectivity index (χ3v) is 2.49. The molecule has 1 heterocycles. The first-order valence-electron chi connectivity index (χ1n) is 6.00. The summed E-state index contributed by atoms with van der Waals surface area (Å²) in [4.78, 5) is 10.8. The largest absolute Gasteiger partial charge is 0.383 e. The molecule has 6 heteroatoms. The fourth-order valence-corrected chi connectivity index (χ4v) is 1.52. The van der Waals surface area contributed by atoms with Crippen molar-refractivity contribution in [3.63, 3.8) is 0 Å². The Morgan fingerprint density at radius 1 is 1.11 bits per heavy atom. The van der Waals surface area contributed by atoms with E-state index in [2.05, 4.69) is 20.2 Å². The highest BCUT2D eigenvalue weighted by Crippen LogP contribution is 2.06. The molecule has 0 atom stereocenters. The van der Waals surface area contributed by atoms with Crippen LogP contribution in [0, 0.1) is 0 Å². The van der Waals surface area contributed by atoms with E-state index in [1.54, 1.807) is 14.2 Å². The Hall–Kier alpha value is -1.24. The van der Waals surface area contributed by atoms with Crippen LogP contribution in [0.3, 0.4) is 0 Å². The Kier molecular flexibility index (Phi) is 7.24. The maximum Gasteiger partial charge on any atom is 0.225 e. The van der Waals surface area contributed by atoms with E-state index in [0.717, 1.165) is 25.2 Å². The van der Waals surface area contributed by atoms with Gasteiger partial charge in [-0.05, 0) is 7.05 Å². The number of ether oxygens (including phenoxy) is 2. The van der Waals surface area contributed by atoms with Gasteiger partial charge in [0.25, 0.3) is 0 Å². The molecule has 0 amide bonds. The first-order valence-corrected chi connectivity index (χ1v) is 6.00. The van der Waals surface area contributed by atoms with Gasteiger partial charge in [0, 0.05) is 51.8 Å². The Morgan fingerprint density at radius 2 is 1.67 bits per heavy atom. The standard InChI is InChI=1S/C12H22N4O2/c1-13-8-11-9-14-12(15-10-11)16(4-6-17-2)5-7-18-3/h9-10,13H,4-8H2,1-3H3. The van der Waals surface area contributed by atoms with Crippen LogP contribution in [0.5, 0.6) is 0 Å². The maximum atomic E-state index is 5.09. The molecular formula is C12H22N4O2. The second kappa shape index (κ2) is 8.79. The highest BCUT2D eigenvalue weighted by atomic mass is 16.5. The number of nitrogens with one attached hydrogen (secondary N) is 1. The third-order valence-electron chi connectivity index (χ3n) is 2.49. The molecule has 1 aromatic rings. The van der Waals surface area contributed by atoms with Crippen molar-refractivity contribution in [2.75, 3.05) is 52.5 Å².